The molecule has 5 unspecified atom stereocenters. The fourth-order valence-electron chi connectivity index (χ4n) is 4.71. The standard InChI is InChI=1S/C12H23N.C10H11F2NOS/c1-8-4-10-6-9(2)12(13-3)11(5-8)7-10;1-10(2,6-14)13-15-9-4-3-7(11)5-8(9)12/h8-13H,4-7H2,1-3H3;3-6,13H,1-2H3. The topological polar surface area (TPSA) is 41.1 Å². The van der Waals surface area contributed by atoms with Gasteiger partial charge in [-0.05, 0) is 94.3 Å². The molecule has 2 saturated carbocycles. The first-order chi connectivity index (χ1) is 13.1. The van der Waals surface area contributed by atoms with E-state index in [4.69, 9.17) is 0 Å². The highest BCUT2D eigenvalue weighted by Crippen LogP contribution is 2.44. The quantitative estimate of drug-likeness (QED) is 0.515. The highest BCUT2D eigenvalue weighted by atomic mass is 32.2. The molecule has 0 spiro atoms. The summed E-state index contributed by atoms with van der Waals surface area (Å²) in [6.45, 7) is 8.18. The molecule has 0 aliphatic heterocycles. The summed E-state index contributed by atoms with van der Waals surface area (Å²) in [6.07, 6.45) is 6.65. The van der Waals surface area contributed by atoms with E-state index in [2.05, 4.69) is 30.9 Å². The van der Waals surface area contributed by atoms with Crippen LogP contribution in [-0.4, -0.2) is 24.9 Å². The Labute approximate surface area is 172 Å². The number of rotatable bonds is 5. The minimum atomic E-state index is -0.745. The van der Waals surface area contributed by atoms with E-state index < -0.39 is 17.2 Å². The number of carbonyl (C=O) groups is 1. The minimum absolute atomic E-state index is 0.256. The van der Waals surface area contributed by atoms with Gasteiger partial charge in [0.05, 0.1) is 10.4 Å². The zero-order valence-electron chi connectivity index (χ0n) is 17.6. The molecule has 2 bridgehead atoms. The molecule has 0 radical (unpaired) electrons. The van der Waals surface area contributed by atoms with Gasteiger partial charge in [-0.1, -0.05) is 13.8 Å². The number of carbonyl (C=O) groups excluding carboxylic acids is 1. The van der Waals surface area contributed by atoms with E-state index in [0.29, 0.717) is 0 Å². The van der Waals surface area contributed by atoms with Crippen LogP contribution in [0.3, 0.4) is 0 Å². The van der Waals surface area contributed by atoms with Gasteiger partial charge in [0, 0.05) is 12.1 Å². The monoisotopic (exact) mass is 412 g/mol. The molecule has 2 fully saturated rings. The maximum Gasteiger partial charge on any atom is 0.140 e. The molecule has 3 rings (SSSR count). The van der Waals surface area contributed by atoms with Crippen molar-refractivity contribution in [1.29, 1.82) is 0 Å². The summed E-state index contributed by atoms with van der Waals surface area (Å²) in [7, 11) is 2.14. The summed E-state index contributed by atoms with van der Waals surface area (Å²) in [5.41, 5.74) is -0.745. The van der Waals surface area contributed by atoms with Gasteiger partial charge in [0.25, 0.3) is 0 Å². The smallest absolute Gasteiger partial charge is 0.140 e. The second-order valence-electron chi connectivity index (χ2n) is 9.08. The Balaban J connectivity index is 0.000000202. The van der Waals surface area contributed by atoms with E-state index in [1.165, 1.54) is 37.8 Å². The summed E-state index contributed by atoms with van der Waals surface area (Å²) in [5, 5.41) is 3.53. The van der Waals surface area contributed by atoms with E-state index in [1.807, 2.05) is 0 Å². The van der Waals surface area contributed by atoms with Crippen LogP contribution in [-0.2, 0) is 4.79 Å². The molecule has 2 N–H and O–H groups in total. The van der Waals surface area contributed by atoms with Gasteiger partial charge in [-0.3, -0.25) is 0 Å². The van der Waals surface area contributed by atoms with Crippen molar-refractivity contribution < 1.29 is 13.6 Å². The van der Waals surface area contributed by atoms with Gasteiger partial charge < -0.3 is 10.1 Å². The molecule has 0 heterocycles. The first kappa shape index (κ1) is 23.3. The van der Waals surface area contributed by atoms with Gasteiger partial charge >= 0.3 is 0 Å². The number of benzene rings is 1. The molecular formula is C22H34F2N2OS. The molecule has 6 heteroatoms. The average molecular weight is 413 g/mol. The normalized spacial score (nSPS) is 29.6. The molecule has 0 amide bonds. The van der Waals surface area contributed by atoms with Crippen molar-refractivity contribution >= 4 is 18.2 Å². The Hall–Kier alpha value is -0.980. The van der Waals surface area contributed by atoms with E-state index in [1.54, 1.807) is 13.8 Å². The van der Waals surface area contributed by atoms with Crippen LogP contribution in [0.2, 0.25) is 0 Å². The molecule has 0 aromatic heterocycles. The summed E-state index contributed by atoms with van der Waals surface area (Å²) in [5.74, 6) is 2.64. The van der Waals surface area contributed by atoms with Crippen LogP contribution in [0.1, 0.15) is 53.4 Å². The number of hydrogen-bond acceptors (Lipinski definition) is 4. The van der Waals surface area contributed by atoms with Crippen molar-refractivity contribution in [3.8, 4) is 0 Å². The average Bonchev–Trinajstić information content (AvgIpc) is 2.61. The minimum Gasteiger partial charge on any atom is -0.316 e. The predicted molar refractivity (Wildman–Crippen MR) is 112 cm³/mol. The molecule has 0 saturated heterocycles. The van der Waals surface area contributed by atoms with Gasteiger partial charge in [-0.25, -0.2) is 13.5 Å². The van der Waals surface area contributed by atoms with Crippen molar-refractivity contribution in [3.63, 3.8) is 0 Å². The zero-order valence-corrected chi connectivity index (χ0v) is 18.4. The lowest BCUT2D eigenvalue weighted by Crippen LogP contribution is -2.47. The molecule has 1 aromatic rings. The van der Waals surface area contributed by atoms with Crippen molar-refractivity contribution in [2.75, 3.05) is 7.05 Å². The van der Waals surface area contributed by atoms with E-state index >= 15 is 0 Å². The maximum absolute atomic E-state index is 13.1. The summed E-state index contributed by atoms with van der Waals surface area (Å²) in [4.78, 5) is 10.8. The van der Waals surface area contributed by atoms with Crippen LogP contribution in [0, 0.1) is 35.3 Å². The van der Waals surface area contributed by atoms with Crippen LogP contribution in [0.15, 0.2) is 23.1 Å². The third kappa shape index (κ3) is 6.53. The van der Waals surface area contributed by atoms with Gasteiger partial charge in [-0.15, -0.1) is 0 Å². The summed E-state index contributed by atoms with van der Waals surface area (Å²) < 4.78 is 28.5. The molecule has 1 aromatic carbocycles. The van der Waals surface area contributed by atoms with Gasteiger partial charge in [-0.2, -0.15) is 0 Å². The largest absolute Gasteiger partial charge is 0.316 e. The van der Waals surface area contributed by atoms with E-state index in [0.717, 1.165) is 54.0 Å². The molecule has 28 heavy (non-hydrogen) atoms. The van der Waals surface area contributed by atoms with Crippen LogP contribution in [0.4, 0.5) is 8.78 Å². The van der Waals surface area contributed by atoms with Crippen molar-refractivity contribution in [3.05, 3.63) is 29.8 Å². The Morgan fingerprint density at radius 3 is 2.46 bits per heavy atom. The van der Waals surface area contributed by atoms with Gasteiger partial charge in [0.15, 0.2) is 0 Å². The van der Waals surface area contributed by atoms with E-state index in [9.17, 15) is 13.6 Å². The van der Waals surface area contributed by atoms with Crippen LogP contribution >= 0.6 is 11.9 Å². The molecule has 158 valence electrons. The lowest BCUT2D eigenvalue weighted by Gasteiger charge is -2.46. The van der Waals surface area contributed by atoms with Crippen molar-refractivity contribution in [2.45, 2.75) is 69.9 Å². The molecule has 3 nitrogen and oxygen atoms in total. The van der Waals surface area contributed by atoms with Gasteiger partial charge in [0.2, 0.25) is 0 Å². The Bertz CT molecular complexity index is 651. The van der Waals surface area contributed by atoms with E-state index in [-0.39, 0.29) is 4.90 Å². The second kappa shape index (κ2) is 10.2. The van der Waals surface area contributed by atoms with Crippen LogP contribution in [0.5, 0.6) is 0 Å². The van der Waals surface area contributed by atoms with Crippen molar-refractivity contribution in [2.24, 2.45) is 23.7 Å². The number of aldehydes is 1. The fraction of sp³-hybridized carbons (Fsp3) is 0.682. The number of hydrogen-bond donors (Lipinski definition) is 2. The lowest BCUT2D eigenvalue weighted by molar-refractivity contribution is -0.111. The lowest BCUT2D eigenvalue weighted by atomic mass is 9.63. The van der Waals surface area contributed by atoms with Crippen molar-refractivity contribution in [1.82, 2.24) is 10.0 Å². The highest BCUT2D eigenvalue weighted by molar-refractivity contribution is 7.97. The Morgan fingerprint density at radius 1 is 1.14 bits per heavy atom. The number of nitrogens with one attached hydrogen (secondary N) is 2. The SMILES string of the molecule is CC(C)(C=O)NSc1ccc(F)cc1F.CNC1C(C)CC2CC(C)CC1C2. The Kier molecular flexibility index (Phi) is 8.46. The van der Waals surface area contributed by atoms with Gasteiger partial charge in [0.1, 0.15) is 17.9 Å². The molecular weight excluding hydrogens is 378 g/mol. The third-order valence-corrected chi connectivity index (χ3v) is 7.03. The molecule has 2 aliphatic carbocycles. The summed E-state index contributed by atoms with van der Waals surface area (Å²) in [6, 6.07) is 4.10. The number of fused-ring (bicyclic) bond motifs is 2. The van der Waals surface area contributed by atoms with Crippen LogP contribution < -0.4 is 10.0 Å². The predicted octanol–water partition coefficient (Wildman–Crippen LogP) is 5.21. The summed E-state index contributed by atoms with van der Waals surface area (Å²) >= 11 is 0.964. The number of halogens is 2. The highest BCUT2D eigenvalue weighted by Gasteiger charge is 2.38. The third-order valence-electron chi connectivity index (χ3n) is 5.85. The zero-order chi connectivity index (χ0) is 20.9. The maximum atomic E-state index is 13.1. The molecule has 2 aliphatic rings. The fourth-order valence-corrected chi connectivity index (χ4v) is 5.43. The van der Waals surface area contributed by atoms with Crippen LogP contribution in [0.25, 0.3) is 0 Å². The molecule has 5 atom stereocenters. The Morgan fingerprint density at radius 2 is 1.86 bits per heavy atom. The first-order valence-electron chi connectivity index (χ1n) is 10.2. The second-order valence-corrected chi connectivity index (χ2v) is 9.93. The first-order valence-corrected chi connectivity index (χ1v) is 11.0.